The van der Waals surface area contributed by atoms with Crippen LogP contribution in [-0.2, 0) is 129 Å². The highest BCUT2D eigenvalue weighted by Gasteiger charge is 2.26. The van der Waals surface area contributed by atoms with Gasteiger partial charge in [0.05, 0.1) is 168 Å². The van der Waals surface area contributed by atoms with Gasteiger partial charge in [0, 0.05) is 6.42 Å². The molecule has 0 heterocycles. The van der Waals surface area contributed by atoms with Crippen LogP contribution in [0.25, 0.3) is 0 Å². The van der Waals surface area contributed by atoms with Crippen molar-refractivity contribution >= 4 is 83.4 Å². The molecule has 0 fully saturated rings. The average Bonchev–Trinajstić information content (AvgIpc) is 3.45. The van der Waals surface area contributed by atoms with Gasteiger partial charge in [0.2, 0.25) is 0 Å². The molecule has 31 heteroatoms. The van der Waals surface area contributed by atoms with Gasteiger partial charge in [-0.3, -0.25) is 62.3 Å². The van der Waals surface area contributed by atoms with Gasteiger partial charge >= 0.3 is 77.6 Å². The van der Waals surface area contributed by atoms with E-state index in [1.54, 1.807) is 0 Å². The molecule has 0 atom stereocenters. The number of ketones is 1. The Morgan fingerprint density at radius 3 is 0.528 bits per heavy atom. The van der Waals surface area contributed by atoms with Crippen LogP contribution in [0.1, 0.15) is 96.8 Å². The third kappa shape index (κ3) is 52.3. The maximum Gasteiger partial charge on any atom is 0.306 e. The maximum absolute atomic E-state index is 13.0. The van der Waals surface area contributed by atoms with E-state index in [-0.39, 0.29) is 64.3 Å². The van der Waals surface area contributed by atoms with Gasteiger partial charge < -0.3 is 84.3 Å². The van der Waals surface area contributed by atoms with Crippen LogP contribution in [0.4, 0.5) is 0 Å². The predicted molar refractivity (Wildman–Crippen MR) is 306 cm³/mol. The molecule has 0 saturated heterocycles. The average molecular weight is 1280 g/mol. The summed E-state index contributed by atoms with van der Waals surface area (Å²) in [6, 6.07) is 0. The highest BCUT2D eigenvalue weighted by molar-refractivity contribution is 5.82. The number of rotatable bonds is 48. The largest absolute Gasteiger partial charge is 0.462 e. The number of quaternary nitrogens is 4. The van der Waals surface area contributed by atoms with E-state index in [1.807, 2.05) is 84.6 Å². The number of carbonyl (C=O) groups is 14. The summed E-state index contributed by atoms with van der Waals surface area (Å²) in [6.07, 6.45) is -10.5. The van der Waals surface area contributed by atoms with Gasteiger partial charge in [0.1, 0.15) is 98.0 Å². The fraction of sp³-hybridized carbons (Fsp3) is 0.759. The molecule has 31 nitrogen and oxygen atoms in total. The molecular formula is C58H98N4O27+4. The van der Waals surface area contributed by atoms with E-state index in [0.717, 1.165) is 0 Å². The van der Waals surface area contributed by atoms with E-state index in [4.69, 9.17) is 61.6 Å². The van der Waals surface area contributed by atoms with Gasteiger partial charge in [-0.05, 0) is 6.92 Å². The number of esters is 13. The molecule has 0 spiro atoms. The Kier molecular flexibility index (Phi) is 39.7. The minimum atomic E-state index is -1.48. The van der Waals surface area contributed by atoms with Gasteiger partial charge in [-0.15, -0.1) is 0 Å². The molecule has 0 amide bonds. The van der Waals surface area contributed by atoms with Crippen molar-refractivity contribution in [1.29, 1.82) is 0 Å². The molecule has 0 radical (unpaired) electrons. The first-order valence-electron chi connectivity index (χ1n) is 29.1. The quantitative estimate of drug-likeness (QED) is 0.0440. The number of ether oxygens (including phenoxy) is 13. The third-order valence-electron chi connectivity index (χ3n) is 11.5. The lowest BCUT2D eigenvalue weighted by Gasteiger charge is -2.23. The summed E-state index contributed by atoms with van der Waals surface area (Å²) in [5, 5.41) is 0. The molecule has 89 heavy (non-hydrogen) atoms. The van der Waals surface area contributed by atoms with E-state index in [1.165, 1.54) is 6.92 Å². The number of hydrogen-bond acceptors (Lipinski definition) is 27. The summed E-state index contributed by atoms with van der Waals surface area (Å²) < 4.78 is 69.7. The molecule has 0 aliphatic heterocycles. The number of hydrogen-bond donors (Lipinski definition) is 0. The third-order valence-corrected chi connectivity index (χ3v) is 11.5. The summed E-state index contributed by atoms with van der Waals surface area (Å²) in [5.74, 6) is -11.7. The maximum atomic E-state index is 13.0. The lowest BCUT2D eigenvalue weighted by Crippen LogP contribution is -2.38. The van der Waals surface area contributed by atoms with E-state index < -0.39 is 193 Å². The van der Waals surface area contributed by atoms with Crippen molar-refractivity contribution in [3.63, 3.8) is 0 Å². The molecule has 0 aliphatic rings. The molecule has 0 unspecified atom stereocenters. The molecule has 0 aliphatic carbocycles. The molecule has 0 bridgehead atoms. The van der Waals surface area contributed by atoms with Crippen molar-refractivity contribution < 1.29 is 147 Å². The van der Waals surface area contributed by atoms with Crippen LogP contribution < -0.4 is 0 Å². The Morgan fingerprint density at radius 2 is 0.371 bits per heavy atom. The summed E-state index contributed by atoms with van der Waals surface area (Å²) >= 11 is 0. The first-order chi connectivity index (χ1) is 41.3. The Hall–Kier alpha value is -7.38. The standard InChI is InChI=1S/C58H98N4O27/c1-42(63)14-15-56(74)87-43(36-85-54(72)24-26-57(75)88-44(38-81-50(68)20-16-46(64)77-32-28-59(2,3)4)39-82-51(69)21-17-47(65)78-33-29-60(5,6)7)37-86-55(73)25-27-58(76)89-45(40-83-52(70)22-18-48(66)79-34-30-61(8,9)10)41-84-53(71)23-19-49(67)80-35-31-62(11,12)13/h43-45H,14-41H2,1-13H3/q+4. The first kappa shape index (κ1) is 81.6. The van der Waals surface area contributed by atoms with Gasteiger partial charge in [-0.25, -0.2) is 0 Å². The van der Waals surface area contributed by atoms with Crippen LogP contribution in [0.15, 0.2) is 0 Å². The van der Waals surface area contributed by atoms with Crippen molar-refractivity contribution in [3.8, 4) is 0 Å². The second-order valence-corrected chi connectivity index (χ2v) is 24.6. The lowest BCUT2D eigenvalue weighted by atomic mass is 10.2. The van der Waals surface area contributed by atoms with Crippen molar-refractivity contribution in [2.45, 2.75) is 115 Å². The van der Waals surface area contributed by atoms with Crippen LogP contribution in [0.5, 0.6) is 0 Å². The molecular weight excluding hydrogens is 1180 g/mol. The minimum Gasteiger partial charge on any atom is -0.462 e. The van der Waals surface area contributed by atoms with Gasteiger partial charge in [0.25, 0.3) is 0 Å². The summed E-state index contributed by atoms with van der Waals surface area (Å²) in [5.41, 5.74) is 0. The van der Waals surface area contributed by atoms with Crippen molar-refractivity contribution in [1.82, 2.24) is 0 Å². The number of carbonyl (C=O) groups excluding carboxylic acids is 14. The summed E-state index contributed by atoms with van der Waals surface area (Å²) in [7, 11) is 22.8. The highest BCUT2D eigenvalue weighted by atomic mass is 16.6. The van der Waals surface area contributed by atoms with Crippen molar-refractivity contribution in [3.05, 3.63) is 0 Å². The molecule has 508 valence electrons. The minimum absolute atomic E-state index is 0.111. The second kappa shape index (κ2) is 43.3. The SMILES string of the molecule is CC(=O)CCC(=O)OC(COC(=O)CCC(=O)OC(COC(=O)CCC(=O)OCC[N+](C)(C)C)COC(=O)CCC(=O)OCC[N+](C)(C)C)COC(=O)CCC(=O)OC(COC(=O)CCC(=O)OCC[N+](C)(C)C)COC(=O)CCC(=O)OCC[N+](C)(C)C. The van der Waals surface area contributed by atoms with Crippen LogP contribution in [0.2, 0.25) is 0 Å². The lowest BCUT2D eigenvalue weighted by molar-refractivity contribution is -0.870. The van der Waals surface area contributed by atoms with E-state index in [2.05, 4.69) is 0 Å². The number of Topliss-reactive ketones (excluding diaryl/α,β-unsaturated/α-hetero) is 1. The fourth-order valence-corrected chi connectivity index (χ4v) is 6.16. The topological polar surface area (TPSA) is 359 Å². The van der Waals surface area contributed by atoms with Crippen LogP contribution in [0, 0.1) is 0 Å². The normalized spacial score (nSPS) is 11.6. The summed E-state index contributed by atoms with van der Waals surface area (Å²) in [6.45, 7) is -0.372. The Bertz CT molecular complexity index is 2070. The number of nitrogens with zero attached hydrogens (tertiary/aromatic N) is 4. The molecule has 0 aromatic carbocycles. The Labute approximate surface area is 520 Å². The summed E-state index contributed by atoms with van der Waals surface area (Å²) in [4.78, 5) is 175. The van der Waals surface area contributed by atoms with Gasteiger partial charge in [-0.1, -0.05) is 0 Å². The molecule has 0 aromatic rings. The van der Waals surface area contributed by atoms with E-state index >= 15 is 0 Å². The molecule has 0 rings (SSSR count). The second-order valence-electron chi connectivity index (χ2n) is 24.6. The Balaban J connectivity index is 5.75. The van der Waals surface area contributed by atoms with E-state index in [9.17, 15) is 67.1 Å². The van der Waals surface area contributed by atoms with Crippen molar-refractivity contribution in [2.24, 2.45) is 0 Å². The molecule has 0 N–H and O–H groups in total. The first-order valence-corrected chi connectivity index (χ1v) is 29.1. The zero-order chi connectivity index (χ0) is 67.8. The smallest absolute Gasteiger partial charge is 0.306 e. The monoisotopic (exact) mass is 1280 g/mol. The van der Waals surface area contributed by atoms with Crippen molar-refractivity contribution in [2.75, 3.05) is 177 Å². The predicted octanol–water partition coefficient (Wildman–Crippen LogP) is 0.0290. The van der Waals surface area contributed by atoms with Crippen LogP contribution in [0.3, 0.4) is 0 Å². The van der Waals surface area contributed by atoms with E-state index in [0.29, 0.717) is 44.1 Å². The highest BCUT2D eigenvalue weighted by Crippen LogP contribution is 2.11. The number of likely N-dealkylation sites (N-methyl/N-ethyl adjacent to an activating group) is 4. The van der Waals surface area contributed by atoms with Crippen LogP contribution in [-0.4, -0.2) is 296 Å². The zero-order valence-electron chi connectivity index (χ0n) is 54.3. The van der Waals surface area contributed by atoms with Crippen LogP contribution >= 0.6 is 0 Å². The van der Waals surface area contributed by atoms with Gasteiger partial charge in [-0.2, -0.15) is 0 Å². The Morgan fingerprint density at radius 1 is 0.225 bits per heavy atom. The fourth-order valence-electron chi connectivity index (χ4n) is 6.16. The molecule has 0 aromatic heterocycles. The zero-order valence-corrected chi connectivity index (χ0v) is 54.3. The van der Waals surface area contributed by atoms with Gasteiger partial charge in [0.15, 0.2) is 18.3 Å². The molecule has 0 saturated carbocycles.